The van der Waals surface area contributed by atoms with Gasteiger partial charge in [0.2, 0.25) is 5.91 Å². The third-order valence-electron chi connectivity index (χ3n) is 6.41. The fourth-order valence-electron chi connectivity index (χ4n) is 4.49. The molecule has 0 saturated carbocycles. The minimum Gasteiger partial charge on any atom is -0.381 e. The SMILES string of the molecule is CCCC/C(C)=C\C(NCC(C)Cl)C(C(=O)NC1CNCCC1OC1CCOCC1)C(N)N. The van der Waals surface area contributed by atoms with Crippen molar-refractivity contribution in [1.82, 2.24) is 16.0 Å². The van der Waals surface area contributed by atoms with E-state index in [2.05, 4.69) is 35.9 Å². The highest BCUT2D eigenvalue weighted by molar-refractivity contribution is 6.20. The Hall–Kier alpha value is -0.740. The molecule has 8 nitrogen and oxygen atoms in total. The predicted molar refractivity (Wildman–Crippen MR) is 134 cm³/mol. The van der Waals surface area contributed by atoms with Crippen LogP contribution in [-0.4, -0.2) is 74.6 Å². The first-order valence-corrected chi connectivity index (χ1v) is 13.1. The first-order valence-electron chi connectivity index (χ1n) is 12.6. The van der Waals surface area contributed by atoms with Crippen LogP contribution in [0.15, 0.2) is 11.6 Å². The number of carbonyl (C=O) groups excluding carboxylic acids is 1. The zero-order chi connectivity index (χ0) is 24.2. The monoisotopic (exact) mass is 487 g/mol. The Labute approximate surface area is 204 Å². The summed E-state index contributed by atoms with van der Waals surface area (Å²) in [6, 6.07) is -0.428. The molecular weight excluding hydrogens is 442 g/mol. The van der Waals surface area contributed by atoms with Crippen LogP contribution >= 0.6 is 11.6 Å². The van der Waals surface area contributed by atoms with E-state index >= 15 is 0 Å². The number of rotatable bonds is 13. The van der Waals surface area contributed by atoms with Gasteiger partial charge in [-0.15, -0.1) is 11.6 Å². The zero-order valence-electron chi connectivity index (χ0n) is 20.7. The maximum absolute atomic E-state index is 13.5. The van der Waals surface area contributed by atoms with Crippen LogP contribution in [0.4, 0.5) is 0 Å². The summed E-state index contributed by atoms with van der Waals surface area (Å²) in [6.07, 6.45) is 7.27. The van der Waals surface area contributed by atoms with E-state index in [0.29, 0.717) is 13.1 Å². The van der Waals surface area contributed by atoms with Crippen molar-refractivity contribution in [3.05, 3.63) is 11.6 Å². The van der Waals surface area contributed by atoms with Crippen molar-refractivity contribution in [3.63, 3.8) is 0 Å². The van der Waals surface area contributed by atoms with Crippen LogP contribution in [0.3, 0.4) is 0 Å². The number of allylic oxidation sites excluding steroid dienone is 1. The molecule has 33 heavy (non-hydrogen) atoms. The van der Waals surface area contributed by atoms with Crippen molar-refractivity contribution in [2.24, 2.45) is 17.4 Å². The lowest BCUT2D eigenvalue weighted by Gasteiger charge is -2.38. The van der Waals surface area contributed by atoms with Gasteiger partial charge in [0.05, 0.1) is 30.3 Å². The van der Waals surface area contributed by atoms with Crippen molar-refractivity contribution in [2.45, 2.75) is 95.1 Å². The number of nitrogens with one attached hydrogen (secondary N) is 3. The quantitative estimate of drug-likeness (QED) is 0.152. The molecule has 2 saturated heterocycles. The number of amides is 1. The smallest absolute Gasteiger partial charge is 0.228 e. The number of unbranched alkanes of at least 4 members (excludes halogenated alkanes) is 1. The molecule has 2 fully saturated rings. The summed E-state index contributed by atoms with van der Waals surface area (Å²) >= 11 is 6.19. The number of ether oxygens (including phenoxy) is 2. The van der Waals surface area contributed by atoms with E-state index in [-0.39, 0.29) is 35.6 Å². The number of halogens is 1. The maximum Gasteiger partial charge on any atom is 0.228 e. The lowest BCUT2D eigenvalue weighted by Crippen LogP contribution is -2.61. The molecule has 0 spiro atoms. The standard InChI is InChI=1S/C24H46ClN5O3/c1-4-5-6-16(2)13-19(29-14-17(3)25)22(23(26)27)24(31)30-20-15-28-10-7-21(20)33-18-8-11-32-12-9-18/h13,17-23,28-29H,4-12,14-15,26-27H2,1-3H3,(H,30,31)/b16-13-. The van der Waals surface area contributed by atoms with Gasteiger partial charge in [0.1, 0.15) is 0 Å². The Morgan fingerprint density at radius 1 is 1.30 bits per heavy atom. The lowest BCUT2D eigenvalue weighted by molar-refractivity contribution is -0.130. The van der Waals surface area contributed by atoms with Crippen LogP contribution in [0, 0.1) is 5.92 Å². The number of carbonyl (C=O) groups is 1. The molecule has 0 bridgehead atoms. The largest absolute Gasteiger partial charge is 0.381 e. The average molecular weight is 488 g/mol. The fourth-order valence-corrected chi connectivity index (χ4v) is 4.58. The van der Waals surface area contributed by atoms with Gasteiger partial charge in [0.25, 0.3) is 0 Å². The minimum atomic E-state index is -0.810. The van der Waals surface area contributed by atoms with Crippen LogP contribution in [-0.2, 0) is 14.3 Å². The summed E-state index contributed by atoms with van der Waals surface area (Å²) in [5.41, 5.74) is 13.5. The van der Waals surface area contributed by atoms with Crippen LogP contribution in [0.25, 0.3) is 0 Å². The molecule has 0 aromatic heterocycles. The van der Waals surface area contributed by atoms with Crippen molar-refractivity contribution in [2.75, 3.05) is 32.8 Å². The molecular formula is C24H46ClN5O3. The number of nitrogens with two attached hydrogens (primary N) is 2. The van der Waals surface area contributed by atoms with E-state index in [1.807, 2.05) is 6.92 Å². The Morgan fingerprint density at radius 2 is 2.03 bits per heavy atom. The average Bonchev–Trinajstić information content (AvgIpc) is 2.77. The molecule has 0 aromatic carbocycles. The Kier molecular flexibility index (Phi) is 13.2. The van der Waals surface area contributed by atoms with E-state index in [1.54, 1.807) is 0 Å². The van der Waals surface area contributed by atoms with Gasteiger partial charge in [-0.25, -0.2) is 0 Å². The highest BCUT2D eigenvalue weighted by Gasteiger charge is 2.36. The summed E-state index contributed by atoms with van der Waals surface area (Å²) in [7, 11) is 0. The first kappa shape index (κ1) is 28.5. The Bertz CT molecular complexity index is 599. The molecule has 1 amide bonds. The summed E-state index contributed by atoms with van der Waals surface area (Å²) < 4.78 is 11.8. The van der Waals surface area contributed by atoms with E-state index in [0.717, 1.165) is 58.3 Å². The molecule has 2 aliphatic heterocycles. The van der Waals surface area contributed by atoms with Gasteiger partial charge in [0.15, 0.2) is 0 Å². The first-order chi connectivity index (χ1) is 15.8. The number of hydrogen-bond acceptors (Lipinski definition) is 7. The Balaban J connectivity index is 2.11. The van der Waals surface area contributed by atoms with Gasteiger partial charge < -0.3 is 36.9 Å². The van der Waals surface area contributed by atoms with Gasteiger partial charge >= 0.3 is 0 Å². The molecule has 0 radical (unpaired) electrons. The second kappa shape index (κ2) is 15.3. The number of piperidine rings is 1. The second-order valence-electron chi connectivity index (χ2n) is 9.53. The van der Waals surface area contributed by atoms with Crippen molar-refractivity contribution >= 4 is 17.5 Å². The number of alkyl halides is 1. The third kappa shape index (κ3) is 10.2. The number of hydrogen-bond donors (Lipinski definition) is 5. The molecule has 192 valence electrons. The van der Waals surface area contributed by atoms with E-state index in [1.165, 1.54) is 5.57 Å². The van der Waals surface area contributed by atoms with Gasteiger partial charge in [0, 0.05) is 37.7 Å². The van der Waals surface area contributed by atoms with Gasteiger partial charge in [-0.2, -0.15) is 0 Å². The van der Waals surface area contributed by atoms with Crippen LogP contribution in [0.2, 0.25) is 0 Å². The van der Waals surface area contributed by atoms with E-state index in [9.17, 15) is 4.79 Å². The molecule has 9 heteroatoms. The third-order valence-corrected chi connectivity index (χ3v) is 6.56. The van der Waals surface area contributed by atoms with Crippen molar-refractivity contribution in [1.29, 1.82) is 0 Å². The van der Waals surface area contributed by atoms with Crippen LogP contribution in [0.1, 0.15) is 59.3 Å². The molecule has 0 aromatic rings. The lowest BCUT2D eigenvalue weighted by atomic mass is 9.91. The molecule has 5 atom stereocenters. The summed E-state index contributed by atoms with van der Waals surface area (Å²) in [5.74, 6) is -0.777. The second-order valence-corrected chi connectivity index (χ2v) is 10.3. The van der Waals surface area contributed by atoms with Crippen LogP contribution in [0.5, 0.6) is 0 Å². The molecule has 2 heterocycles. The van der Waals surface area contributed by atoms with Crippen molar-refractivity contribution in [3.8, 4) is 0 Å². The molecule has 7 N–H and O–H groups in total. The normalized spacial score (nSPS) is 25.6. The molecule has 2 rings (SSSR count). The molecule has 0 aliphatic carbocycles. The highest BCUT2D eigenvalue weighted by Crippen LogP contribution is 2.20. The highest BCUT2D eigenvalue weighted by atomic mass is 35.5. The van der Waals surface area contributed by atoms with Gasteiger partial charge in [-0.1, -0.05) is 25.0 Å². The maximum atomic E-state index is 13.5. The fraction of sp³-hybridized carbons (Fsp3) is 0.875. The van der Waals surface area contributed by atoms with Gasteiger partial charge in [-0.3, -0.25) is 4.79 Å². The van der Waals surface area contributed by atoms with E-state index in [4.69, 9.17) is 32.5 Å². The van der Waals surface area contributed by atoms with Gasteiger partial charge in [-0.05, 0) is 52.5 Å². The summed E-state index contributed by atoms with van der Waals surface area (Å²) in [6.45, 7) is 9.73. The zero-order valence-corrected chi connectivity index (χ0v) is 21.4. The van der Waals surface area contributed by atoms with E-state index < -0.39 is 12.1 Å². The summed E-state index contributed by atoms with van der Waals surface area (Å²) in [4.78, 5) is 13.5. The van der Waals surface area contributed by atoms with Crippen LogP contribution < -0.4 is 27.4 Å². The molecule has 5 unspecified atom stereocenters. The molecule has 2 aliphatic rings. The predicted octanol–water partition coefficient (Wildman–Crippen LogP) is 1.61. The Morgan fingerprint density at radius 3 is 2.67 bits per heavy atom. The van der Waals surface area contributed by atoms with Crippen molar-refractivity contribution < 1.29 is 14.3 Å². The summed E-state index contributed by atoms with van der Waals surface area (Å²) in [5, 5.41) is 9.92. The topological polar surface area (TPSA) is 124 Å². The minimum absolute atomic E-state index is 0.0379.